The molecule has 1 amide bonds. The summed E-state index contributed by atoms with van der Waals surface area (Å²) in [5, 5.41) is 19.2. The van der Waals surface area contributed by atoms with Gasteiger partial charge in [0.1, 0.15) is 0 Å². The molecule has 0 atom stereocenters. The number of hydrogen-bond donors (Lipinski definition) is 2. The highest BCUT2D eigenvalue weighted by molar-refractivity contribution is 5.68. The molecule has 0 aliphatic carbocycles. The van der Waals surface area contributed by atoms with E-state index >= 15 is 0 Å². The third kappa shape index (κ3) is 4.64. The summed E-state index contributed by atoms with van der Waals surface area (Å²) >= 11 is 0. The van der Waals surface area contributed by atoms with Gasteiger partial charge in [0.2, 0.25) is 11.8 Å². The molecule has 31 heavy (non-hydrogen) atoms. The molecule has 1 aromatic carbocycles. The summed E-state index contributed by atoms with van der Waals surface area (Å²) < 4.78 is 0.711. The van der Waals surface area contributed by atoms with E-state index in [2.05, 4.69) is 35.0 Å². The van der Waals surface area contributed by atoms with Crippen molar-refractivity contribution in [2.24, 2.45) is 0 Å². The maximum absolute atomic E-state index is 12.3. The fourth-order valence-corrected chi connectivity index (χ4v) is 3.70. The Hall–Kier alpha value is -3.52. The van der Waals surface area contributed by atoms with Crippen LogP contribution in [-0.4, -0.2) is 62.0 Å². The summed E-state index contributed by atoms with van der Waals surface area (Å²) in [6, 6.07) is 15.0. The Kier molecular flexibility index (Phi) is 5.81. The maximum Gasteiger partial charge on any atom is 0.434 e. The van der Waals surface area contributed by atoms with E-state index in [9.17, 15) is 15.0 Å². The van der Waals surface area contributed by atoms with Crippen LogP contribution in [0.3, 0.4) is 0 Å². The van der Waals surface area contributed by atoms with E-state index in [-0.39, 0.29) is 11.8 Å². The van der Waals surface area contributed by atoms with Gasteiger partial charge in [-0.1, -0.05) is 18.2 Å². The first-order chi connectivity index (χ1) is 14.9. The molecular formula is C23H26N4O4. The molecule has 3 heterocycles. The predicted octanol–water partition coefficient (Wildman–Crippen LogP) is 2.94. The molecule has 2 N–H and O–H groups in total. The molecule has 1 fully saturated rings. The Morgan fingerprint density at radius 1 is 1.00 bits per heavy atom. The number of aromatic nitrogens is 2. The average molecular weight is 422 g/mol. The quantitative estimate of drug-likeness (QED) is 0.672. The Labute approximate surface area is 180 Å². The third-order valence-electron chi connectivity index (χ3n) is 5.52. The highest BCUT2D eigenvalue weighted by Crippen LogP contribution is 2.23. The average Bonchev–Trinajstić information content (AvgIpc) is 3.07. The van der Waals surface area contributed by atoms with Crippen molar-refractivity contribution in [1.82, 2.24) is 19.5 Å². The first-order valence-electron chi connectivity index (χ1n) is 10.2. The van der Waals surface area contributed by atoms with Crippen molar-refractivity contribution in [1.29, 1.82) is 0 Å². The van der Waals surface area contributed by atoms with Crippen LogP contribution in [0.1, 0.15) is 16.8 Å². The predicted molar refractivity (Wildman–Crippen MR) is 116 cm³/mol. The molecule has 0 unspecified atom stereocenters. The molecule has 8 nitrogen and oxygen atoms in total. The SMILES string of the molecule is Cc1cccc(-c2ccc(CN3CCN(C(=O)On4c(O)ccc4O)CC3)c(C)c2)n1. The molecule has 1 saturated heterocycles. The van der Waals surface area contributed by atoms with Crippen LogP contribution in [0.25, 0.3) is 11.3 Å². The highest BCUT2D eigenvalue weighted by Gasteiger charge is 2.24. The topological polar surface area (TPSA) is 91.1 Å². The van der Waals surface area contributed by atoms with Gasteiger partial charge < -0.3 is 20.0 Å². The van der Waals surface area contributed by atoms with Crippen LogP contribution in [0.5, 0.6) is 11.8 Å². The van der Waals surface area contributed by atoms with Gasteiger partial charge in [0, 0.05) is 56.1 Å². The summed E-state index contributed by atoms with van der Waals surface area (Å²) in [6.07, 6.45) is -0.604. The number of nitrogens with zero attached hydrogens (tertiary/aromatic N) is 4. The molecule has 8 heteroatoms. The number of aromatic hydroxyl groups is 2. The largest absolute Gasteiger partial charge is 0.492 e. The number of amides is 1. The lowest BCUT2D eigenvalue weighted by Crippen LogP contribution is -2.50. The first-order valence-corrected chi connectivity index (χ1v) is 10.2. The Morgan fingerprint density at radius 2 is 1.71 bits per heavy atom. The van der Waals surface area contributed by atoms with Crippen LogP contribution in [0.4, 0.5) is 4.79 Å². The monoisotopic (exact) mass is 422 g/mol. The number of hydrogen-bond acceptors (Lipinski definition) is 6. The minimum absolute atomic E-state index is 0.329. The number of carbonyl (C=O) groups is 1. The molecule has 1 aliphatic heterocycles. The van der Waals surface area contributed by atoms with Crippen LogP contribution in [-0.2, 0) is 6.54 Å². The molecule has 0 radical (unpaired) electrons. The number of rotatable bonds is 4. The van der Waals surface area contributed by atoms with Crippen LogP contribution < -0.4 is 4.84 Å². The van der Waals surface area contributed by atoms with Gasteiger partial charge in [-0.3, -0.25) is 9.88 Å². The second kappa shape index (κ2) is 8.69. The molecule has 0 saturated carbocycles. The van der Waals surface area contributed by atoms with Crippen molar-refractivity contribution >= 4 is 6.09 Å². The van der Waals surface area contributed by atoms with Gasteiger partial charge in [0.25, 0.3) is 0 Å². The van der Waals surface area contributed by atoms with Gasteiger partial charge in [-0.15, -0.1) is 4.73 Å². The number of aryl methyl sites for hydroxylation is 2. The molecule has 0 spiro atoms. The lowest BCUT2D eigenvalue weighted by molar-refractivity contribution is 0.0555. The van der Waals surface area contributed by atoms with Crippen molar-refractivity contribution in [3.05, 3.63) is 65.4 Å². The van der Waals surface area contributed by atoms with Crippen molar-refractivity contribution in [3.8, 4) is 23.0 Å². The molecule has 2 aromatic heterocycles. The molecule has 0 bridgehead atoms. The van der Waals surface area contributed by atoms with Gasteiger partial charge in [-0.2, -0.15) is 0 Å². The summed E-state index contributed by atoms with van der Waals surface area (Å²) in [4.78, 5) is 25.8. The van der Waals surface area contributed by atoms with Crippen molar-refractivity contribution in [2.75, 3.05) is 26.2 Å². The maximum atomic E-state index is 12.3. The van der Waals surface area contributed by atoms with E-state index in [0.717, 1.165) is 23.5 Å². The van der Waals surface area contributed by atoms with E-state index < -0.39 is 6.09 Å². The molecule has 1 aliphatic rings. The van der Waals surface area contributed by atoms with E-state index in [4.69, 9.17) is 4.84 Å². The lowest BCUT2D eigenvalue weighted by atomic mass is 10.0. The summed E-state index contributed by atoms with van der Waals surface area (Å²) in [5.41, 5.74) is 5.53. The molecule has 3 aromatic rings. The second-order valence-corrected chi connectivity index (χ2v) is 7.77. The van der Waals surface area contributed by atoms with E-state index in [1.807, 2.05) is 25.1 Å². The van der Waals surface area contributed by atoms with Gasteiger partial charge in [-0.25, -0.2) is 4.79 Å². The van der Waals surface area contributed by atoms with Gasteiger partial charge in [0.15, 0.2) is 0 Å². The second-order valence-electron chi connectivity index (χ2n) is 7.77. The molecule has 162 valence electrons. The van der Waals surface area contributed by atoms with Crippen LogP contribution in [0.15, 0.2) is 48.5 Å². The standard InChI is InChI=1S/C23H26N4O4/c1-16-14-18(20-5-3-4-17(2)24-20)6-7-19(16)15-25-10-12-26(13-11-25)23(30)31-27-21(28)8-9-22(27)29/h3-9,14,28-29H,10-13,15H2,1-2H3. The third-order valence-corrected chi connectivity index (χ3v) is 5.52. The Morgan fingerprint density at radius 3 is 2.35 bits per heavy atom. The van der Waals surface area contributed by atoms with Crippen molar-refractivity contribution < 1.29 is 19.8 Å². The summed E-state index contributed by atoms with van der Waals surface area (Å²) in [6.45, 7) is 7.33. The highest BCUT2D eigenvalue weighted by atomic mass is 16.7. The molecular weight excluding hydrogens is 396 g/mol. The number of benzene rings is 1. The zero-order valence-electron chi connectivity index (χ0n) is 17.7. The normalized spacial score (nSPS) is 14.6. The van der Waals surface area contributed by atoms with Crippen LogP contribution >= 0.6 is 0 Å². The number of carbonyl (C=O) groups excluding carboxylic acids is 1. The number of piperazine rings is 1. The fraction of sp³-hybridized carbons (Fsp3) is 0.304. The smallest absolute Gasteiger partial charge is 0.434 e. The van der Waals surface area contributed by atoms with Crippen LogP contribution in [0.2, 0.25) is 0 Å². The van der Waals surface area contributed by atoms with Gasteiger partial charge in [-0.05, 0) is 43.2 Å². The first kappa shape index (κ1) is 20.7. The summed E-state index contributed by atoms with van der Waals surface area (Å²) in [7, 11) is 0. The van der Waals surface area contributed by atoms with Crippen molar-refractivity contribution in [3.63, 3.8) is 0 Å². The Balaban J connectivity index is 1.34. The fourth-order valence-electron chi connectivity index (χ4n) is 3.70. The van der Waals surface area contributed by atoms with Crippen LogP contribution in [0, 0.1) is 13.8 Å². The minimum Gasteiger partial charge on any atom is -0.492 e. The van der Waals surface area contributed by atoms with E-state index in [0.29, 0.717) is 30.9 Å². The van der Waals surface area contributed by atoms with Gasteiger partial charge in [0.05, 0.1) is 5.69 Å². The zero-order valence-corrected chi connectivity index (χ0v) is 17.7. The summed E-state index contributed by atoms with van der Waals surface area (Å²) in [5.74, 6) is -0.659. The Bertz CT molecular complexity index is 1070. The van der Waals surface area contributed by atoms with Gasteiger partial charge >= 0.3 is 6.09 Å². The molecule has 4 rings (SSSR count). The zero-order chi connectivity index (χ0) is 22.0. The number of pyridine rings is 1. The van der Waals surface area contributed by atoms with E-state index in [1.54, 1.807) is 4.90 Å². The lowest BCUT2D eigenvalue weighted by Gasteiger charge is -2.34. The van der Waals surface area contributed by atoms with E-state index in [1.165, 1.54) is 23.3 Å². The van der Waals surface area contributed by atoms with Crippen molar-refractivity contribution in [2.45, 2.75) is 20.4 Å². The minimum atomic E-state index is -0.604.